The van der Waals surface area contributed by atoms with Crippen molar-refractivity contribution >= 4 is 53.2 Å². The standard InChI is InChI=1S/C26H28F3N3O4S.C24H24F3N3O4S.C16H16F3N3O3S.C13H15F3O2/c1-3-35-25(33)23-24(32(31-30-23)16-17-4-10-20(34-2)11-5-17)37-22-14-8-19(9-15-22)18-6-12-21(13-7-18)36-26(27,28)29;1-33-18-8-2-15(3-9-18)14-30-22(21(23(31)32)28-29-30)35-20-12-6-17(7-13-20)16-4-10-19(11-5-16)34-24(25,26)27;17-16(18,19)25-11-5-1-9(2-6-11)10-3-7-12(8-4-10)26-14-13(15(23)24)20-22-21-14;14-13(15,16)18-12-7-3-10(4-8-12)9-1-5-11(17)6-2-9/h4-7,10-13,19,22H,3,8-9,14-16H2,1-2H3;2-5,8-11,17,20H,6-7,12-14H2,1H3,(H,31,32);1-2,5-6,10,12H,3-4,7-8H2,(H,23,24)(H,20,21,22);3-4,7-9,11,17H,1-2,5-6H2. The molecule has 0 amide bonds. The van der Waals surface area contributed by atoms with Gasteiger partial charge < -0.3 is 48.5 Å². The van der Waals surface area contributed by atoms with E-state index in [1.165, 1.54) is 72.1 Å². The number of carboxylic acid groups (broad SMARTS) is 2. The number of benzene rings is 6. The van der Waals surface area contributed by atoms with Gasteiger partial charge in [0.15, 0.2) is 5.03 Å². The second-order valence-electron chi connectivity index (χ2n) is 27.6. The zero-order valence-electron chi connectivity index (χ0n) is 62.7. The summed E-state index contributed by atoms with van der Waals surface area (Å²) in [6, 6.07) is 39.2. The first-order valence-corrected chi connectivity index (χ1v) is 39.6. The Morgan fingerprint density at radius 1 is 0.405 bits per heavy atom. The molecule has 3 aromatic heterocycles. The highest BCUT2D eigenvalue weighted by Crippen LogP contribution is 2.45. The maximum Gasteiger partial charge on any atom is 0.573 e. The van der Waals surface area contributed by atoms with E-state index in [1.807, 2.05) is 48.5 Å². The normalized spacial score (nSPS) is 19.7. The summed E-state index contributed by atoms with van der Waals surface area (Å²) in [5, 5.41) is 56.5. The van der Waals surface area contributed by atoms with Gasteiger partial charge in [0.2, 0.25) is 17.1 Å². The third kappa shape index (κ3) is 27.4. The number of H-pyrrole nitrogens is 1. The molecule has 4 N–H and O–H groups in total. The maximum absolute atomic E-state index is 12.6. The van der Waals surface area contributed by atoms with Crippen molar-refractivity contribution in [2.45, 2.75) is 209 Å². The molecular formula is C79H83F12N9O13S3. The van der Waals surface area contributed by atoms with Crippen molar-refractivity contribution in [3.8, 4) is 34.5 Å². The second kappa shape index (κ2) is 40.8. The van der Waals surface area contributed by atoms with Gasteiger partial charge in [-0.1, -0.05) is 95.0 Å². The Balaban J connectivity index is 0.000000168. The summed E-state index contributed by atoms with van der Waals surface area (Å²) in [4.78, 5) is 35.4. The summed E-state index contributed by atoms with van der Waals surface area (Å²) in [5.74, 6) is -1.04. The van der Waals surface area contributed by atoms with Gasteiger partial charge in [-0.05, 0) is 240 Å². The SMILES string of the molecule is CCOC(=O)c1nnn(Cc2ccc(OC)cc2)c1SC1CCC(c2ccc(OC(F)(F)F)cc2)CC1.COc1ccc(Cn2nnc(C(=O)O)c2SC2CCC(c3ccc(OC(F)(F)F)cc3)CC2)cc1.O=C(O)c1n[nH]nc1SC1CCC(c2ccc(OC(F)(F)F)cc2)CC1.OC1CCC(c2ccc(OC(F)(F)F)cc2)CC1. The van der Waals surface area contributed by atoms with Gasteiger partial charge in [0, 0.05) is 15.7 Å². The Bertz CT molecular complexity index is 4570. The van der Waals surface area contributed by atoms with Crippen molar-refractivity contribution in [2.24, 2.45) is 0 Å². The summed E-state index contributed by atoms with van der Waals surface area (Å²) in [6.45, 7) is 2.82. The minimum atomic E-state index is -4.71. The van der Waals surface area contributed by atoms with Crippen LogP contribution in [0.5, 0.6) is 34.5 Å². The average Bonchev–Trinajstić information content (AvgIpc) is 1.64. The molecule has 4 fully saturated rings. The van der Waals surface area contributed by atoms with E-state index >= 15 is 0 Å². The molecule has 0 spiro atoms. The average molecular weight is 1690 g/mol. The van der Waals surface area contributed by atoms with E-state index in [0.29, 0.717) is 34.1 Å². The van der Waals surface area contributed by atoms with Crippen molar-refractivity contribution < 1.29 is 116 Å². The topological polar surface area (TPSA) is 279 Å². The predicted octanol–water partition coefficient (Wildman–Crippen LogP) is 19.8. The van der Waals surface area contributed by atoms with Crippen LogP contribution < -0.4 is 28.4 Å². The number of esters is 1. The molecule has 0 radical (unpaired) electrons. The molecule has 37 heteroatoms. The van der Waals surface area contributed by atoms with Crippen LogP contribution in [0.2, 0.25) is 0 Å². The molecule has 0 bridgehead atoms. The monoisotopic (exact) mass is 1690 g/mol. The maximum atomic E-state index is 12.6. The lowest BCUT2D eigenvalue weighted by molar-refractivity contribution is -0.275. The molecule has 22 nitrogen and oxygen atoms in total. The first-order valence-electron chi connectivity index (χ1n) is 37.0. The zero-order valence-corrected chi connectivity index (χ0v) is 65.1. The summed E-state index contributed by atoms with van der Waals surface area (Å²) < 4.78 is 182. The van der Waals surface area contributed by atoms with Gasteiger partial charge in [-0.3, -0.25) is 0 Å². The molecule has 3 heterocycles. The minimum absolute atomic E-state index is 0.0640. The van der Waals surface area contributed by atoms with Crippen molar-refractivity contribution in [2.75, 3.05) is 20.8 Å². The Hall–Kier alpha value is -9.88. The number of nitrogens with one attached hydrogen (secondary N) is 1. The van der Waals surface area contributed by atoms with Crippen LogP contribution in [-0.2, 0) is 17.8 Å². The molecule has 4 aliphatic rings. The predicted molar refractivity (Wildman–Crippen MR) is 403 cm³/mol. The van der Waals surface area contributed by atoms with Gasteiger partial charge in [0.25, 0.3) is 0 Å². The first kappa shape index (κ1) is 88.5. The Labute approximate surface area is 671 Å². The molecule has 0 atom stereocenters. The molecule has 13 rings (SSSR count). The molecular weight excluding hydrogens is 1610 g/mol. The highest BCUT2D eigenvalue weighted by molar-refractivity contribution is 8.00. The number of carboxylic acids is 2. The fourth-order valence-corrected chi connectivity index (χ4v) is 17.7. The molecule has 4 saturated carbocycles. The number of methoxy groups -OCH3 is 2. The second-order valence-corrected chi connectivity index (χ2v) is 31.4. The number of aromatic amines is 1. The Kier molecular flexibility index (Phi) is 31.1. The third-order valence-electron chi connectivity index (χ3n) is 19.6. The Morgan fingerprint density at radius 2 is 0.698 bits per heavy atom. The largest absolute Gasteiger partial charge is 0.573 e. The van der Waals surface area contributed by atoms with E-state index in [2.05, 4.69) is 55.0 Å². The van der Waals surface area contributed by atoms with Crippen LogP contribution in [0.15, 0.2) is 161 Å². The first-order chi connectivity index (χ1) is 55.2. The molecule has 4 aliphatic carbocycles. The van der Waals surface area contributed by atoms with E-state index in [0.717, 1.165) is 148 Å². The number of halogens is 12. The molecule has 9 aromatic rings. The fraction of sp³-hybridized carbons (Fsp3) is 0.430. The number of alkyl halides is 12. The number of aromatic carboxylic acids is 2. The van der Waals surface area contributed by atoms with Crippen LogP contribution >= 0.6 is 35.3 Å². The lowest BCUT2D eigenvalue weighted by Crippen LogP contribution is -2.18. The van der Waals surface area contributed by atoms with E-state index in [9.17, 15) is 77.3 Å². The van der Waals surface area contributed by atoms with Crippen molar-refractivity contribution in [1.82, 2.24) is 45.4 Å². The zero-order chi connectivity index (χ0) is 83.3. The van der Waals surface area contributed by atoms with Crippen LogP contribution in [0, 0.1) is 0 Å². The third-order valence-corrected chi connectivity index (χ3v) is 23.8. The van der Waals surface area contributed by atoms with Crippen LogP contribution in [0.3, 0.4) is 0 Å². The lowest BCUT2D eigenvalue weighted by atomic mass is 9.83. The molecule has 6 aromatic carbocycles. The number of aromatic nitrogens is 9. The van der Waals surface area contributed by atoms with Gasteiger partial charge in [-0.25, -0.2) is 23.7 Å². The van der Waals surface area contributed by atoms with Crippen molar-refractivity contribution in [3.05, 3.63) is 196 Å². The highest BCUT2D eigenvalue weighted by atomic mass is 32.2. The van der Waals surface area contributed by atoms with Crippen molar-refractivity contribution in [3.63, 3.8) is 0 Å². The number of carbonyl (C=O) groups excluding carboxylic acids is 1. The number of carbonyl (C=O) groups is 3. The van der Waals surface area contributed by atoms with Gasteiger partial charge in [0.1, 0.15) is 44.5 Å². The summed E-state index contributed by atoms with van der Waals surface area (Å²) in [5.41, 5.74) is 5.97. The number of hydrogen-bond acceptors (Lipinski definition) is 20. The number of hydrogen-bond donors (Lipinski definition) is 4. The van der Waals surface area contributed by atoms with Crippen LogP contribution in [0.1, 0.15) is 198 Å². The fourth-order valence-electron chi connectivity index (χ4n) is 14.0. The van der Waals surface area contributed by atoms with Crippen LogP contribution in [0.25, 0.3) is 0 Å². The van der Waals surface area contributed by atoms with Gasteiger partial charge >= 0.3 is 43.4 Å². The number of ether oxygens (including phenoxy) is 7. The highest BCUT2D eigenvalue weighted by Gasteiger charge is 2.37. The molecule has 0 aliphatic heterocycles. The minimum Gasteiger partial charge on any atom is -0.497 e. The van der Waals surface area contributed by atoms with E-state index < -0.39 is 43.4 Å². The van der Waals surface area contributed by atoms with Crippen LogP contribution in [-0.4, -0.2) is 147 Å². The smallest absolute Gasteiger partial charge is 0.497 e. The number of nitrogens with zero attached hydrogens (tertiary/aromatic N) is 8. The van der Waals surface area contributed by atoms with E-state index in [1.54, 1.807) is 90.8 Å². The molecule has 116 heavy (non-hydrogen) atoms. The summed E-state index contributed by atoms with van der Waals surface area (Å²) >= 11 is 4.45. The van der Waals surface area contributed by atoms with Crippen molar-refractivity contribution in [1.29, 1.82) is 0 Å². The summed E-state index contributed by atoms with van der Waals surface area (Å²) in [6.07, 6.45) is -5.34. The van der Waals surface area contributed by atoms with E-state index in [4.69, 9.17) is 19.3 Å². The number of rotatable bonds is 24. The molecule has 624 valence electrons. The molecule has 0 saturated heterocycles. The number of aliphatic hydroxyl groups is 1. The molecule has 0 unspecified atom stereocenters. The van der Waals surface area contributed by atoms with Gasteiger partial charge in [-0.2, -0.15) is 5.21 Å². The van der Waals surface area contributed by atoms with Gasteiger partial charge in [-0.15, -0.1) is 96.6 Å². The quantitative estimate of drug-likeness (QED) is 0.0323. The Morgan fingerprint density at radius 3 is 1.00 bits per heavy atom. The van der Waals surface area contributed by atoms with Gasteiger partial charge in [0.05, 0.1) is 40.0 Å². The summed E-state index contributed by atoms with van der Waals surface area (Å²) in [7, 11) is 3.20. The van der Waals surface area contributed by atoms with E-state index in [-0.39, 0.29) is 86.3 Å². The lowest BCUT2D eigenvalue weighted by Gasteiger charge is -2.28. The van der Waals surface area contributed by atoms with Crippen LogP contribution in [0.4, 0.5) is 52.7 Å². The number of thioether (sulfide) groups is 3. The number of aliphatic hydroxyl groups excluding tert-OH is 1.